The standard InChI is InChI=1S/C17H23N3O4/c1-13-3-5-14(6-4-13)11-19-8-9-20(17(23)16(19)22)12-15(21)18-7-10-24-2/h3-6H,7-12H2,1-2H3,(H,18,21). The quantitative estimate of drug-likeness (QED) is 0.560. The third-order valence-corrected chi connectivity index (χ3v) is 3.85. The van der Waals surface area contributed by atoms with Crippen LogP contribution in [0.15, 0.2) is 24.3 Å². The lowest BCUT2D eigenvalue weighted by atomic mass is 10.1. The lowest BCUT2D eigenvalue weighted by Gasteiger charge is -2.33. The van der Waals surface area contributed by atoms with E-state index in [1.54, 1.807) is 7.11 Å². The van der Waals surface area contributed by atoms with Gasteiger partial charge in [0.1, 0.15) is 6.54 Å². The van der Waals surface area contributed by atoms with Crippen LogP contribution in [-0.4, -0.2) is 67.4 Å². The van der Waals surface area contributed by atoms with Gasteiger partial charge in [0.15, 0.2) is 0 Å². The van der Waals surface area contributed by atoms with E-state index in [9.17, 15) is 14.4 Å². The topological polar surface area (TPSA) is 79.0 Å². The smallest absolute Gasteiger partial charge is 0.312 e. The Morgan fingerprint density at radius 3 is 2.42 bits per heavy atom. The second kappa shape index (κ2) is 8.44. The molecule has 0 saturated carbocycles. The normalized spacial score (nSPS) is 14.9. The van der Waals surface area contributed by atoms with Gasteiger partial charge in [-0.25, -0.2) is 0 Å². The third kappa shape index (κ3) is 4.79. The number of carbonyl (C=O) groups is 3. The maximum atomic E-state index is 12.2. The van der Waals surface area contributed by atoms with Gasteiger partial charge in [-0.15, -0.1) is 0 Å². The number of rotatable bonds is 7. The lowest BCUT2D eigenvalue weighted by Crippen LogP contribution is -2.56. The molecule has 0 aliphatic carbocycles. The molecule has 1 aliphatic rings. The lowest BCUT2D eigenvalue weighted by molar-refractivity contribution is -0.157. The third-order valence-electron chi connectivity index (χ3n) is 3.85. The monoisotopic (exact) mass is 333 g/mol. The Kier molecular flexibility index (Phi) is 6.31. The second-order valence-corrected chi connectivity index (χ2v) is 5.78. The maximum absolute atomic E-state index is 12.2. The second-order valence-electron chi connectivity index (χ2n) is 5.78. The van der Waals surface area contributed by atoms with Gasteiger partial charge in [-0.05, 0) is 12.5 Å². The molecular formula is C17H23N3O4. The van der Waals surface area contributed by atoms with Crippen molar-refractivity contribution < 1.29 is 19.1 Å². The molecule has 0 aromatic heterocycles. The fourth-order valence-corrected chi connectivity index (χ4v) is 2.45. The molecule has 7 heteroatoms. The van der Waals surface area contributed by atoms with Crippen LogP contribution in [0.4, 0.5) is 0 Å². The first-order valence-corrected chi connectivity index (χ1v) is 7.90. The number of hydrogen-bond donors (Lipinski definition) is 1. The maximum Gasteiger partial charge on any atom is 0.312 e. The van der Waals surface area contributed by atoms with Crippen molar-refractivity contribution in [3.05, 3.63) is 35.4 Å². The Balaban J connectivity index is 1.87. The highest BCUT2D eigenvalue weighted by Gasteiger charge is 2.33. The minimum atomic E-state index is -0.629. The molecule has 0 radical (unpaired) electrons. The zero-order chi connectivity index (χ0) is 17.5. The first-order valence-electron chi connectivity index (χ1n) is 7.90. The van der Waals surface area contributed by atoms with Gasteiger partial charge >= 0.3 is 11.8 Å². The Morgan fingerprint density at radius 1 is 1.12 bits per heavy atom. The molecule has 3 amide bonds. The van der Waals surface area contributed by atoms with Crippen molar-refractivity contribution in [1.29, 1.82) is 0 Å². The summed E-state index contributed by atoms with van der Waals surface area (Å²) in [5.41, 5.74) is 2.12. The molecule has 0 atom stereocenters. The fraction of sp³-hybridized carbons (Fsp3) is 0.471. The van der Waals surface area contributed by atoms with Crippen molar-refractivity contribution in [2.45, 2.75) is 13.5 Å². The van der Waals surface area contributed by atoms with Crippen LogP contribution in [0, 0.1) is 6.92 Å². The molecule has 1 saturated heterocycles. The Hall–Kier alpha value is -2.41. The van der Waals surface area contributed by atoms with E-state index in [1.807, 2.05) is 31.2 Å². The predicted octanol–water partition coefficient (Wildman–Crippen LogP) is -0.0716. The highest BCUT2D eigenvalue weighted by Crippen LogP contribution is 2.11. The number of aryl methyl sites for hydroxylation is 1. The number of carbonyl (C=O) groups excluding carboxylic acids is 3. The number of ether oxygens (including phenoxy) is 1. The van der Waals surface area contributed by atoms with Gasteiger partial charge in [0, 0.05) is 33.3 Å². The Bertz CT molecular complexity index is 600. The summed E-state index contributed by atoms with van der Waals surface area (Å²) in [6, 6.07) is 7.84. The van der Waals surface area contributed by atoms with Crippen molar-refractivity contribution in [2.75, 3.05) is 39.9 Å². The van der Waals surface area contributed by atoms with Gasteiger partial charge in [0.25, 0.3) is 0 Å². The number of hydrogen-bond acceptors (Lipinski definition) is 4. The van der Waals surface area contributed by atoms with Gasteiger partial charge in [-0.1, -0.05) is 29.8 Å². The van der Waals surface area contributed by atoms with Crippen molar-refractivity contribution in [3.63, 3.8) is 0 Å². The van der Waals surface area contributed by atoms with E-state index in [0.717, 1.165) is 11.1 Å². The first kappa shape index (κ1) is 17.9. The van der Waals surface area contributed by atoms with Crippen LogP contribution < -0.4 is 5.32 Å². The average Bonchev–Trinajstić information content (AvgIpc) is 2.57. The van der Waals surface area contributed by atoms with Gasteiger partial charge in [0.2, 0.25) is 5.91 Å². The zero-order valence-electron chi connectivity index (χ0n) is 14.1. The summed E-state index contributed by atoms with van der Waals surface area (Å²) in [5.74, 6) is -1.48. The van der Waals surface area contributed by atoms with Crippen molar-refractivity contribution in [2.24, 2.45) is 0 Å². The van der Waals surface area contributed by atoms with Gasteiger partial charge in [0.05, 0.1) is 6.61 Å². The zero-order valence-corrected chi connectivity index (χ0v) is 14.1. The largest absolute Gasteiger partial charge is 0.383 e. The first-order chi connectivity index (χ1) is 11.5. The van der Waals surface area contributed by atoms with Crippen LogP contribution in [-0.2, 0) is 25.7 Å². The van der Waals surface area contributed by atoms with Crippen LogP contribution in [0.25, 0.3) is 0 Å². The number of nitrogens with zero attached hydrogens (tertiary/aromatic N) is 2. The number of benzene rings is 1. The molecular weight excluding hydrogens is 310 g/mol. The summed E-state index contributed by atoms with van der Waals surface area (Å²) >= 11 is 0. The van der Waals surface area contributed by atoms with Crippen LogP contribution in [0.2, 0.25) is 0 Å². The van der Waals surface area contributed by atoms with Crippen LogP contribution in [0.3, 0.4) is 0 Å². The van der Waals surface area contributed by atoms with E-state index in [1.165, 1.54) is 9.80 Å². The summed E-state index contributed by atoms with van der Waals surface area (Å²) in [4.78, 5) is 39.0. The molecule has 7 nitrogen and oxygen atoms in total. The van der Waals surface area contributed by atoms with Gasteiger partial charge in [-0.2, -0.15) is 0 Å². The molecule has 1 aromatic rings. The van der Waals surface area contributed by atoms with E-state index in [2.05, 4.69) is 5.32 Å². The average molecular weight is 333 g/mol. The molecule has 0 spiro atoms. The van der Waals surface area contributed by atoms with Gasteiger partial charge < -0.3 is 19.9 Å². The SMILES string of the molecule is COCCNC(=O)CN1CCN(Cc2ccc(C)cc2)C(=O)C1=O. The molecule has 1 N–H and O–H groups in total. The van der Waals surface area contributed by atoms with E-state index >= 15 is 0 Å². The summed E-state index contributed by atoms with van der Waals surface area (Å²) in [5, 5.41) is 2.64. The summed E-state index contributed by atoms with van der Waals surface area (Å²) in [7, 11) is 1.54. The van der Waals surface area contributed by atoms with Gasteiger partial charge in [-0.3, -0.25) is 14.4 Å². The highest BCUT2D eigenvalue weighted by atomic mass is 16.5. The van der Waals surface area contributed by atoms with Crippen molar-refractivity contribution in [3.8, 4) is 0 Å². The summed E-state index contributed by atoms with van der Waals surface area (Å²) in [6.45, 7) is 3.85. The number of piperazine rings is 1. The predicted molar refractivity (Wildman–Crippen MR) is 88.1 cm³/mol. The molecule has 2 rings (SSSR count). The number of amides is 3. The van der Waals surface area contributed by atoms with E-state index in [-0.39, 0.29) is 12.5 Å². The van der Waals surface area contributed by atoms with E-state index in [0.29, 0.717) is 32.8 Å². The Labute approximate surface area is 141 Å². The summed E-state index contributed by atoms with van der Waals surface area (Å²) in [6.07, 6.45) is 0. The fourth-order valence-electron chi connectivity index (χ4n) is 2.45. The molecule has 1 heterocycles. The highest BCUT2D eigenvalue weighted by molar-refractivity contribution is 6.35. The van der Waals surface area contributed by atoms with E-state index < -0.39 is 11.8 Å². The summed E-state index contributed by atoms with van der Waals surface area (Å²) < 4.78 is 4.84. The molecule has 0 bridgehead atoms. The molecule has 1 aromatic carbocycles. The van der Waals surface area contributed by atoms with E-state index in [4.69, 9.17) is 4.74 Å². The van der Waals surface area contributed by atoms with Crippen LogP contribution in [0.5, 0.6) is 0 Å². The molecule has 1 fully saturated rings. The molecule has 130 valence electrons. The minimum Gasteiger partial charge on any atom is -0.383 e. The number of methoxy groups -OCH3 is 1. The number of nitrogens with one attached hydrogen (secondary N) is 1. The molecule has 1 aliphatic heterocycles. The Morgan fingerprint density at radius 2 is 1.75 bits per heavy atom. The minimum absolute atomic E-state index is 0.105. The van der Waals surface area contributed by atoms with Crippen LogP contribution in [0.1, 0.15) is 11.1 Å². The van der Waals surface area contributed by atoms with Crippen molar-refractivity contribution in [1.82, 2.24) is 15.1 Å². The van der Waals surface area contributed by atoms with Crippen LogP contribution >= 0.6 is 0 Å². The van der Waals surface area contributed by atoms with Crippen molar-refractivity contribution >= 4 is 17.7 Å². The molecule has 0 unspecified atom stereocenters. The molecule has 24 heavy (non-hydrogen) atoms.